The minimum atomic E-state index is -0.238. The Morgan fingerprint density at radius 2 is 1.24 bits per heavy atom. The SMILES string of the molecule is CCC(O)CC.CCCOC(=O)c1ccccc1.OC1CCCCC1.Oc1cccc(O)c1.Oc1ccccc1O. The van der Waals surface area contributed by atoms with Gasteiger partial charge in [0.25, 0.3) is 0 Å². The van der Waals surface area contributed by atoms with Gasteiger partial charge in [-0.1, -0.05) is 76.4 Å². The molecule has 0 aliphatic heterocycles. The van der Waals surface area contributed by atoms with Crippen LogP contribution < -0.4 is 0 Å². The molecule has 0 bridgehead atoms. The van der Waals surface area contributed by atoms with Crippen LogP contribution in [0.25, 0.3) is 0 Å². The first-order chi connectivity index (χ1) is 19.6. The third-order valence-electron chi connectivity index (χ3n) is 5.68. The third kappa shape index (κ3) is 20.8. The van der Waals surface area contributed by atoms with E-state index in [0.717, 1.165) is 32.1 Å². The van der Waals surface area contributed by atoms with Crippen molar-refractivity contribution in [2.75, 3.05) is 6.61 Å². The summed E-state index contributed by atoms with van der Waals surface area (Å²) in [5, 5.41) is 52.2. The zero-order valence-electron chi connectivity index (χ0n) is 24.5. The van der Waals surface area contributed by atoms with Crippen molar-refractivity contribution in [2.24, 2.45) is 0 Å². The molecule has 0 unspecified atom stereocenters. The first kappa shape index (κ1) is 37.2. The molecule has 0 atom stereocenters. The van der Waals surface area contributed by atoms with Crippen molar-refractivity contribution in [3.05, 3.63) is 84.4 Å². The normalized spacial score (nSPS) is 12.0. The number of carbonyl (C=O) groups is 1. The van der Waals surface area contributed by atoms with Gasteiger partial charge in [0.2, 0.25) is 0 Å². The highest BCUT2D eigenvalue weighted by atomic mass is 16.5. The summed E-state index contributed by atoms with van der Waals surface area (Å²) < 4.78 is 4.94. The van der Waals surface area contributed by atoms with Crippen molar-refractivity contribution in [3.63, 3.8) is 0 Å². The number of aliphatic hydroxyl groups is 2. The fourth-order valence-electron chi connectivity index (χ4n) is 3.18. The van der Waals surface area contributed by atoms with Crippen LogP contribution in [0.5, 0.6) is 23.0 Å². The Balaban J connectivity index is 0.000000499. The number of aliphatic hydroxyl groups excluding tert-OH is 2. The molecule has 0 heterocycles. The van der Waals surface area contributed by atoms with Crippen LogP contribution in [-0.4, -0.2) is 55.4 Å². The second-order valence-electron chi connectivity index (χ2n) is 9.27. The molecule has 8 heteroatoms. The molecule has 1 saturated carbocycles. The molecule has 3 aromatic rings. The highest BCUT2D eigenvalue weighted by molar-refractivity contribution is 5.89. The van der Waals surface area contributed by atoms with Crippen LogP contribution in [0.15, 0.2) is 78.9 Å². The first-order valence-electron chi connectivity index (χ1n) is 14.2. The molecule has 228 valence electrons. The topological polar surface area (TPSA) is 148 Å². The number of aromatic hydroxyl groups is 4. The smallest absolute Gasteiger partial charge is 0.338 e. The number of hydrogen-bond acceptors (Lipinski definition) is 8. The molecule has 1 fully saturated rings. The van der Waals surface area contributed by atoms with Gasteiger partial charge >= 0.3 is 5.97 Å². The maximum atomic E-state index is 11.2. The van der Waals surface area contributed by atoms with Crippen LogP contribution in [0.3, 0.4) is 0 Å². The van der Waals surface area contributed by atoms with Crippen LogP contribution >= 0.6 is 0 Å². The number of phenolic OH excluding ortho intramolecular Hbond substituents is 4. The number of benzene rings is 3. The van der Waals surface area contributed by atoms with E-state index in [1.807, 2.05) is 39.0 Å². The molecule has 0 amide bonds. The average Bonchev–Trinajstić information content (AvgIpc) is 2.99. The van der Waals surface area contributed by atoms with Crippen molar-refractivity contribution in [3.8, 4) is 23.0 Å². The Bertz CT molecular complexity index is 994. The van der Waals surface area contributed by atoms with Gasteiger partial charge in [0.15, 0.2) is 11.5 Å². The number of para-hydroxylation sites is 2. The van der Waals surface area contributed by atoms with Crippen LogP contribution in [0, 0.1) is 0 Å². The highest BCUT2D eigenvalue weighted by Gasteiger charge is 2.07. The summed E-state index contributed by atoms with van der Waals surface area (Å²) in [6.45, 7) is 6.42. The molecule has 41 heavy (non-hydrogen) atoms. The van der Waals surface area contributed by atoms with E-state index in [2.05, 4.69) is 0 Å². The third-order valence-corrected chi connectivity index (χ3v) is 5.68. The Hall–Kier alpha value is -3.75. The largest absolute Gasteiger partial charge is 0.508 e. The van der Waals surface area contributed by atoms with Gasteiger partial charge < -0.3 is 35.4 Å². The van der Waals surface area contributed by atoms with Gasteiger partial charge in [-0.15, -0.1) is 0 Å². The molecule has 3 aromatic carbocycles. The van der Waals surface area contributed by atoms with E-state index >= 15 is 0 Å². The summed E-state index contributed by atoms with van der Waals surface area (Å²) in [5.41, 5.74) is 0.617. The summed E-state index contributed by atoms with van der Waals surface area (Å²) in [6.07, 6.45) is 8.49. The number of ether oxygens (including phenoxy) is 1. The lowest BCUT2D eigenvalue weighted by atomic mass is 9.98. The van der Waals surface area contributed by atoms with E-state index in [-0.39, 0.29) is 41.2 Å². The molecular formula is C33H48O8. The number of esters is 1. The van der Waals surface area contributed by atoms with Gasteiger partial charge in [0.05, 0.1) is 24.4 Å². The number of carbonyl (C=O) groups excluding carboxylic acids is 1. The van der Waals surface area contributed by atoms with Crippen molar-refractivity contribution >= 4 is 5.97 Å². The van der Waals surface area contributed by atoms with Gasteiger partial charge in [-0.25, -0.2) is 4.79 Å². The Morgan fingerprint density at radius 1 is 0.756 bits per heavy atom. The second kappa shape index (κ2) is 24.1. The Labute approximate surface area is 244 Å². The number of rotatable bonds is 5. The summed E-state index contributed by atoms with van der Waals surface area (Å²) in [7, 11) is 0. The highest BCUT2D eigenvalue weighted by Crippen LogP contribution is 2.21. The Kier molecular flexibility index (Phi) is 21.9. The lowest BCUT2D eigenvalue weighted by Gasteiger charge is -2.14. The molecule has 6 N–H and O–H groups in total. The van der Waals surface area contributed by atoms with E-state index in [9.17, 15) is 4.79 Å². The number of phenols is 4. The lowest BCUT2D eigenvalue weighted by Crippen LogP contribution is -2.09. The zero-order chi connectivity index (χ0) is 30.9. The van der Waals surface area contributed by atoms with Crippen LogP contribution in [0.1, 0.15) is 82.5 Å². The van der Waals surface area contributed by atoms with E-state index in [1.165, 1.54) is 49.6 Å². The van der Waals surface area contributed by atoms with Gasteiger partial charge in [0, 0.05) is 6.07 Å². The van der Waals surface area contributed by atoms with Gasteiger partial charge in [-0.3, -0.25) is 0 Å². The molecule has 0 spiro atoms. The fourth-order valence-corrected chi connectivity index (χ4v) is 3.18. The number of hydrogen-bond donors (Lipinski definition) is 6. The lowest BCUT2D eigenvalue weighted by molar-refractivity contribution is 0.0505. The van der Waals surface area contributed by atoms with Crippen molar-refractivity contribution in [2.45, 2.75) is 84.3 Å². The summed E-state index contributed by atoms with van der Waals surface area (Å²) in [6, 6.07) is 21.0. The maximum Gasteiger partial charge on any atom is 0.338 e. The van der Waals surface area contributed by atoms with Crippen molar-refractivity contribution < 1.29 is 40.2 Å². The quantitative estimate of drug-likeness (QED) is 0.142. The maximum absolute atomic E-state index is 11.2. The van der Waals surface area contributed by atoms with Crippen LogP contribution in [-0.2, 0) is 4.74 Å². The zero-order valence-corrected chi connectivity index (χ0v) is 24.5. The fraction of sp³-hybridized carbons (Fsp3) is 0.424. The van der Waals surface area contributed by atoms with E-state index < -0.39 is 0 Å². The first-order valence-corrected chi connectivity index (χ1v) is 14.2. The Morgan fingerprint density at radius 3 is 1.56 bits per heavy atom. The molecule has 1 aliphatic rings. The summed E-state index contributed by atoms with van der Waals surface area (Å²) in [4.78, 5) is 11.2. The molecule has 0 saturated heterocycles. The minimum absolute atomic E-state index is 0.0359. The van der Waals surface area contributed by atoms with Crippen LogP contribution in [0.2, 0.25) is 0 Å². The second-order valence-corrected chi connectivity index (χ2v) is 9.27. The molecule has 0 radical (unpaired) electrons. The molecule has 8 nitrogen and oxygen atoms in total. The molecule has 4 rings (SSSR count). The predicted molar refractivity (Wildman–Crippen MR) is 162 cm³/mol. The molecular weight excluding hydrogens is 524 g/mol. The monoisotopic (exact) mass is 572 g/mol. The van der Waals surface area contributed by atoms with E-state index in [4.69, 9.17) is 35.4 Å². The molecule has 1 aliphatic carbocycles. The van der Waals surface area contributed by atoms with Gasteiger partial charge in [-0.2, -0.15) is 0 Å². The van der Waals surface area contributed by atoms with E-state index in [0.29, 0.717) is 12.2 Å². The summed E-state index contributed by atoms with van der Waals surface area (Å²) >= 11 is 0. The predicted octanol–water partition coefficient (Wildman–Crippen LogP) is 6.93. The standard InChI is InChI=1S/C10H12O2.2C6H6O2.C6H12O.C5H12O/c1-2-8-12-10(11)9-6-4-3-5-7-9;7-5-2-1-3-6(8)4-5;7-5-3-1-2-4-6(5)8;7-6-4-2-1-3-5-6;1-3-5(6)4-2/h3-7H,2,8H2,1H3;2*1-4,7-8H;6-7H,1-5H2;5-6H,3-4H2,1-2H3. The van der Waals surface area contributed by atoms with Crippen LogP contribution in [0.4, 0.5) is 0 Å². The summed E-state index contributed by atoms with van der Waals surface area (Å²) in [5.74, 6) is -0.215. The van der Waals surface area contributed by atoms with Gasteiger partial charge in [-0.05, 0) is 68.5 Å². The average molecular weight is 573 g/mol. The molecule has 0 aromatic heterocycles. The van der Waals surface area contributed by atoms with Crippen molar-refractivity contribution in [1.82, 2.24) is 0 Å². The minimum Gasteiger partial charge on any atom is -0.508 e. The van der Waals surface area contributed by atoms with Crippen molar-refractivity contribution in [1.29, 1.82) is 0 Å². The van der Waals surface area contributed by atoms with Gasteiger partial charge in [0.1, 0.15) is 11.5 Å². The van der Waals surface area contributed by atoms with E-state index in [1.54, 1.807) is 30.3 Å².